The maximum absolute atomic E-state index is 12.9. The molecule has 8 nitrogen and oxygen atoms in total. The summed E-state index contributed by atoms with van der Waals surface area (Å²) < 4.78 is 50.7. The fourth-order valence-corrected chi connectivity index (χ4v) is 3.77. The van der Waals surface area contributed by atoms with Crippen molar-refractivity contribution in [1.29, 1.82) is 0 Å². The second kappa shape index (κ2) is 12.7. The van der Waals surface area contributed by atoms with E-state index < -0.39 is 34.7 Å². The number of hydrogen-bond acceptors (Lipinski definition) is 6. The van der Waals surface area contributed by atoms with Gasteiger partial charge in [-0.3, -0.25) is 14.9 Å². The quantitative estimate of drug-likeness (QED) is 0.156. The Morgan fingerprint density at radius 1 is 1.13 bits per heavy atom. The Hall–Kier alpha value is -3.64. The third kappa shape index (κ3) is 7.93. The average molecular weight is 615 g/mol. The molecule has 0 spiro atoms. The lowest BCUT2D eigenvalue weighted by Gasteiger charge is -2.14. The van der Waals surface area contributed by atoms with E-state index in [1.165, 1.54) is 6.21 Å². The van der Waals surface area contributed by atoms with Crippen molar-refractivity contribution in [2.45, 2.75) is 26.1 Å². The first kappa shape index (κ1) is 28.9. The molecule has 1 N–H and O–H groups in total. The number of hydrogen-bond donors (Lipinski definition) is 1. The molecule has 38 heavy (non-hydrogen) atoms. The zero-order chi connectivity index (χ0) is 27.9. The molecule has 0 aliphatic heterocycles. The highest BCUT2D eigenvalue weighted by molar-refractivity contribution is 9.10. The van der Waals surface area contributed by atoms with E-state index >= 15 is 0 Å². The van der Waals surface area contributed by atoms with Gasteiger partial charge >= 0.3 is 6.18 Å². The highest BCUT2D eigenvalue weighted by atomic mass is 79.9. The van der Waals surface area contributed by atoms with Gasteiger partial charge in [-0.2, -0.15) is 18.3 Å². The van der Waals surface area contributed by atoms with Crippen molar-refractivity contribution in [3.8, 4) is 11.5 Å². The van der Waals surface area contributed by atoms with E-state index in [1.807, 2.05) is 12.1 Å². The van der Waals surface area contributed by atoms with Crippen LogP contribution >= 0.6 is 27.5 Å². The van der Waals surface area contributed by atoms with Crippen molar-refractivity contribution in [1.82, 2.24) is 5.43 Å². The molecule has 0 radical (unpaired) electrons. The lowest BCUT2D eigenvalue weighted by atomic mass is 10.1. The third-order valence-corrected chi connectivity index (χ3v) is 5.96. The Morgan fingerprint density at radius 2 is 1.82 bits per heavy atom. The molecule has 0 saturated heterocycles. The van der Waals surface area contributed by atoms with Crippen LogP contribution in [0.1, 0.15) is 29.2 Å². The molecular formula is C25H20BrClF3N3O5. The SMILES string of the molecule is CCOc1cc(/C=N/NC(=O)Cc2ccc(C(F)(F)F)cc2[N+](=O)[O-])c(Br)cc1OCc1ccc(Cl)cc1. The first-order valence-electron chi connectivity index (χ1n) is 11.0. The first-order chi connectivity index (χ1) is 18.0. The lowest BCUT2D eigenvalue weighted by molar-refractivity contribution is -0.385. The van der Waals surface area contributed by atoms with Gasteiger partial charge < -0.3 is 9.47 Å². The van der Waals surface area contributed by atoms with Crippen LogP contribution in [0.15, 0.2) is 64.2 Å². The summed E-state index contributed by atoms with van der Waals surface area (Å²) in [5.41, 5.74) is 1.47. The minimum atomic E-state index is -4.75. The number of nitro benzene ring substituents is 1. The van der Waals surface area contributed by atoms with Crippen molar-refractivity contribution < 1.29 is 32.4 Å². The van der Waals surface area contributed by atoms with Gasteiger partial charge in [0.15, 0.2) is 11.5 Å². The van der Waals surface area contributed by atoms with E-state index in [2.05, 4.69) is 26.5 Å². The van der Waals surface area contributed by atoms with Crippen LogP contribution in [-0.2, 0) is 24.0 Å². The Kier molecular flexibility index (Phi) is 9.70. The number of carbonyl (C=O) groups is 1. The number of nitrogens with one attached hydrogen (secondary N) is 1. The van der Waals surface area contributed by atoms with Gasteiger partial charge in [-0.05, 0) is 58.7 Å². The fraction of sp³-hybridized carbons (Fsp3) is 0.200. The van der Waals surface area contributed by atoms with Gasteiger partial charge in [0.05, 0.1) is 29.7 Å². The first-order valence-corrected chi connectivity index (χ1v) is 12.1. The zero-order valence-electron chi connectivity index (χ0n) is 19.7. The molecule has 0 atom stereocenters. The molecule has 0 aliphatic carbocycles. The number of halogens is 5. The molecule has 3 aromatic rings. The van der Waals surface area contributed by atoms with Gasteiger partial charge in [-0.25, -0.2) is 5.43 Å². The van der Waals surface area contributed by atoms with Gasteiger partial charge in [0.2, 0.25) is 5.91 Å². The van der Waals surface area contributed by atoms with Crippen LogP contribution in [0.3, 0.4) is 0 Å². The molecular weight excluding hydrogens is 595 g/mol. The molecule has 13 heteroatoms. The summed E-state index contributed by atoms with van der Waals surface area (Å²) in [5, 5.41) is 15.7. The van der Waals surface area contributed by atoms with E-state index in [4.69, 9.17) is 21.1 Å². The Bertz CT molecular complexity index is 1350. The van der Waals surface area contributed by atoms with Crippen molar-refractivity contribution in [2.24, 2.45) is 5.10 Å². The number of alkyl halides is 3. The van der Waals surface area contributed by atoms with Crippen molar-refractivity contribution >= 4 is 45.3 Å². The number of amides is 1. The monoisotopic (exact) mass is 613 g/mol. The van der Waals surface area contributed by atoms with E-state index in [0.717, 1.165) is 11.6 Å². The molecule has 0 aromatic heterocycles. The van der Waals surface area contributed by atoms with Gasteiger partial charge in [0, 0.05) is 26.7 Å². The molecule has 0 heterocycles. The predicted octanol–water partition coefficient (Wildman–Crippen LogP) is 6.70. The van der Waals surface area contributed by atoms with Gasteiger partial charge in [-0.1, -0.05) is 29.8 Å². The largest absolute Gasteiger partial charge is 0.490 e. The summed E-state index contributed by atoms with van der Waals surface area (Å²) in [6.45, 7) is 2.43. The molecule has 0 saturated carbocycles. The number of carbonyl (C=O) groups excluding carboxylic acids is 1. The average Bonchev–Trinajstić information content (AvgIpc) is 2.85. The number of rotatable bonds is 10. The predicted molar refractivity (Wildman–Crippen MR) is 139 cm³/mol. The molecule has 200 valence electrons. The number of ether oxygens (including phenoxy) is 2. The summed E-state index contributed by atoms with van der Waals surface area (Å²) in [6.07, 6.45) is -3.98. The van der Waals surface area contributed by atoms with Crippen LogP contribution < -0.4 is 14.9 Å². The number of benzene rings is 3. The van der Waals surface area contributed by atoms with E-state index in [1.54, 1.807) is 31.2 Å². The standard InChI is InChI=1S/C25H20BrClF3N3O5/c1-2-37-22-9-17(20(26)12-23(22)38-14-15-3-7-19(27)8-4-15)13-31-32-24(34)10-16-5-6-18(25(28,29)30)11-21(16)33(35)36/h3-9,11-13H,2,10,14H2,1H3,(H,32,34)/b31-13+. The molecule has 1 amide bonds. The highest BCUT2D eigenvalue weighted by Crippen LogP contribution is 2.34. The van der Waals surface area contributed by atoms with Gasteiger partial charge in [0.25, 0.3) is 5.69 Å². The van der Waals surface area contributed by atoms with Crippen LogP contribution in [0.2, 0.25) is 5.02 Å². The van der Waals surface area contributed by atoms with Crippen molar-refractivity contribution in [3.63, 3.8) is 0 Å². The van der Waals surface area contributed by atoms with Crippen LogP contribution in [0, 0.1) is 10.1 Å². The normalized spacial score (nSPS) is 11.4. The second-order valence-corrected chi connectivity index (χ2v) is 9.03. The van der Waals surface area contributed by atoms with Crippen LogP contribution in [0.25, 0.3) is 0 Å². The van der Waals surface area contributed by atoms with Crippen molar-refractivity contribution in [3.05, 3.63) is 96.5 Å². The van der Waals surface area contributed by atoms with E-state index in [0.29, 0.717) is 45.3 Å². The minimum absolute atomic E-state index is 0.183. The fourth-order valence-electron chi connectivity index (χ4n) is 3.22. The minimum Gasteiger partial charge on any atom is -0.490 e. The maximum atomic E-state index is 12.9. The topological polar surface area (TPSA) is 103 Å². The summed E-state index contributed by atoms with van der Waals surface area (Å²) >= 11 is 9.32. The molecule has 0 unspecified atom stereocenters. The number of nitrogens with zero attached hydrogens (tertiary/aromatic N) is 2. The van der Waals surface area contributed by atoms with Crippen LogP contribution in [0.4, 0.5) is 18.9 Å². The number of hydrazone groups is 1. The Morgan fingerprint density at radius 3 is 2.45 bits per heavy atom. The zero-order valence-corrected chi connectivity index (χ0v) is 22.1. The summed E-state index contributed by atoms with van der Waals surface area (Å²) in [5.74, 6) is 0.135. The number of nitro groups is 1. The van der Waals surface area contributed by atoms with E-state index in [-0.39, 0.29) is 12.2 Å². The highest BCUT2D eigenvalue weighted by Gasteiger charge is 2.33. The molecule has 0 bridgehead atoms. The lowest BCUT2D eigenvalue weighted by Crippen LogP contribution is -2.20. The smallest absolute Gasteiger partial charge is 0.416 e. The third-order valence-electron chi connectivity index (χ3n) is 5.02. The summed E-state index contributed by atoms with van der Waals surface area (Å²) in [6, 6.07) is 12.5. The van der Waals surface area contributed by atoms with E-state index in [9.17, 15) is 28.1 Å². The van der Waals surface area contributed by atoms with Crippen LogP contribution in [-0.4, -0.2) is 23.7 Å². The van der Waals surface area contributed by atoms with Crippen LogP contribution in [0.5, 0.6) is 11.5 Å². The summed E-state index contributed by atoms with van der Waals surface area (Å²) in [7, 11) is 0. The summed E-state index contributed by atoms with van der Waals surface area (Å²) in [4.78, 5) is 22.5. The Balaban J connectivity index is 1.70. The van der Waals surface area contributed by atoms with Gasteiger partial charge in [0.1, 0.15) is 6.61 Å². The molecule has 3 aromatic carbocycles. The van der Waals surface area contributed by atoms with Gasteiger partial charge in [-0.15, -0.1) is 0 Å². The second-order valence-electron chi connectivity index (χ2n) is 7.74. The molecule has 0 aliphatic rings. The maximum Gasteiger partial charge on any atom is 0.416 e. The molecule has 3 rings (SSSR count). The van der Waals surface area contributed by atoms with Crippen molar-refractivity contribution in [2.75, 3.05) is 6.61 Å². The Labute approximate surface area is 228 Å². The molecule has 0 fully saturated rings.